The second-order valence-corrected chi connectivity index (χ2v) is 18.5. The third kappa shape index (κ3) is 4.52. The quantitative estimate of drug-likeness (QED) is 0.427. The highest BCUT2D eigenvalue weighted by molar-refractivity contribution is 6.83. The Kier molecular flexibility index (Phi) is 5.36. The van der Waals surface area contributed by atoms with Crippen LogP contribution in [0.3, 0.4) is 0 Å². The maximum atomic E-state index is 7.03. The molecule has 0 unspecified atom stereocenters. The molecule has 0 saturated carbocycles. The van der Waals surface area contributed by atoms with E-state index in [4.69, 9.17) is 4.43 Å². The molecule has 0 N–H and O–H groups in total. The monoisotopic (exact) mass is 390 g/mol. The van der Waals surface area contributed by atoms with E-state index in [-0.39, 0.29) is 0 Å². The summed E-state index contributed by atoms with van der Waals surface area (Å²) in [5.74, 6) is 3.55. The highest BCUT2D eigenvalue weighted by Crippen LogP contribution is 2.44. The van der Waals surface area contributed by atoms with Crippen LogP contribution in [0.1, 0.15) is 28.7 Å². The Morgan fingerprint density at radius 2 is 1.26 bits per heavy atom. The predicted molar refractivity (Wildman–Crippen MR) is 123 cm³/mol. The van der Waals surface area contributed by atoms with Gasteiger partial charge in [0.1, 0.15) is 13.7 Å². The second-order valence-electron chi connectivity index (χ2n) is 9.28. The van der Waals surface area contributed by atoms with Gasteiger partial charge < -0.3 is 4.43 Å². The van der Waals surface area contributed by atoms with Crippen LogP contribution in [0, 0.1) is 11.5 Å². The summed E-state index contributed by atoms with van der Waals surface area (Å²) in [6.45, 7) is 13.7. The molecule has 3 heteroatoms. The van der Waals surface area contributed by atoms with Gasteiger partial charge in [0.15, 0.2) is 8.32 Å². The second kappa shape index (κ2) is 7.28. The standard InChI is InChI=1S/C24H30OSi2/c1-26(2,3)19-11-18-24(25-27(4,5)6)22-14-9-7-12-20(22)16-17-21-13-8-10-15-23(21)24/h7-10,12-17H,18H2,1-6H3. The predicted octanol–water partition coefficient (Wildman–Crippen LogP) is 6.54. The zero-order valence-corrected chi connectivity index (χ0v) is 19.4. The van der Waals surface area contributed by atoms with Gasteiger partial charge in [-0.05, 0) is 41.9 Å². The zero-order chi connectivity index (χ0) is 19.7. The van der Waals surface area contributed by atoms with Gasteiger partial charge >= 0.3 is 0 Å². The van der Waals surface area contributed by atoms with E-state index in [0.29, 0.717) is 6.42 Å². The summed E-state index contributed by atoms with van der Waals surface area (Å²) < 4.78 is 7.03. The number of benzene rings is 2. The molecule has 2 aromatic rings. The molecule has 0 atom stereocenters. The number of rotatable bonds is 3. The minimum atomic E-state index is -1.86. The molecule has 2 aromatic carbocycles. The average molecular weight is 391 g/mol. The fourth-order valence-corrected chi connectivity index (χ4v) is 5.59. The summed E-state index contributed by atoms with van der Waals surface area (Å²) in [4.78, 5) is 0. The summed E-state index contributed by atoms with van der Waals surface area (Å²) in [5.41, 5.74) is 7.96. The fraction of sp³-hybridized carbons (Fsp3) is 0.333. The molecular formula is C24H30OSi2. The Labute approximate surface area is 166 Å². The van der Waals surface area contributed by atoms with E-state index in [9.17, 15) is 0 Å². The minimum Gasteiger partial charge on any atom is -0.403 e. The third-order valence-corrected chi connectivity index (χ3v) is 6.40. The van der Waals surface area contributed by atoms with Crippen LogP contribution in [0.5, 0.6) is 0 Å². The molecule has 27 heavy (non-hydrogen) atoms. The van der Waals surface area contributed by atoms with Gasteiger partial charge in [-0.15, -0.1) is 11.5 Å². The van der Waals surface area contributed by atoms with Crippen LogP contribution in [0.2, 0.25) is 39.3 Å². The van der Waals surface area contributed by atoms with Crippen molar-refractivity contribution in [1.82, 2.24) is 0 Å². The van der Waals surface area contributed by atoms with E-state index in [1.807, 2.05) is 0 Å². The largest absolute Gasteiger partial charge is 0.403 e. The van der Waals surface area contributed by atoms with Gasteiger partial charge in [0.05, 0.1) is 0 Å². The van der Waals surface area contributed by atoms with E-state index in [2.05, 4.69) is 111 Å². The fourth-order valence-electron chi connectivity index (χ4n) is 3.64. The highest BCUT2D eigenvalue weighted by Gasteiger charge is 2.42. The van der Waals surface area contributed by atoms with Crippen LogP contribution >= 0.6 is 0 Å². The van der Waals surface area contributed by atoms with E-state index in [1.54, 1.807) is 0 Å². The van der Waals surface area contributed by atoms with Gasteiger partial charge in [0.25, 0.3) is 0 Å². The molecule has 1 aliphatic carbocycles. The molecule has 3 rings (SSSR count). The molecule has 0 spiro atoms. The Hall–Kier alpha value is -1.87. The first-order valence-electron chi connectivity index (χ1n) is 9.68. The Morgan fingerprint density at radius 3 is 1.70 bits per heavy atom. The summed E-state index contributed by atoms with van der Waals surface area (Å²) in [6, 6.07) is 17.3. The number of fused-ring (bicyclic) bond motifs is 2. The van der Waals surface area contributed by atoms with Crippen molar-refractivity contribution in [2.75, 3.05) is 0 Å². The molecule has 0 heterocycles. The maximum absolute atomic E-state index is 7.03. The lowest BCUT2D eigenvalue weighted by atomic mass is 9.81. The van der Waals surface area contributed by atoms with Crippen molar-refractivity contribution in [3.05, 3.63) is 70.8 Å². The molecule has 0 aromatic heterocycles. The van der Waals surface area contributed by atoms with Crippen LogP contribution in [0.4, 0.5) is 0 Å². The lowest BCUT2D eigenvalue weighted by Crippen LogP contribution is -2.42. The smallest absolute Gasteiger partial charge is 0.185 e. The SMILES string of the molecule is C[Si](C)(C)C#CCC1(O[Si](C)(C)C)c2ccccc2C=Cc2ccccc21. The summed E-state index contributed by atoms with van der Waals surface area (Å²) in [5, 5.41) is 0. The van der Waals surface area contributed by atoms with Crippen molar-refractivity contribution in [3.63, 3.8) is 0 Å². The first-order valence-corrected chi connectivity index (χ1v) is 16.6. The lowest BCUT2D eigenvalue weighted by Gasteiger charge is -2.40. The van der Waals surface area contributed by atoms with Gasteiger partial charge in [-0.2, -0.15) is 0 Å². The van der Waals surface area contributed by atoms with Crippen LogP contribution < -0.4 is 0 Å². The van der Waals surface area contributed by atoms with Crippen molar-refractivity contribution >= 4 is 28.5 Å². The molecule has 0 bridgehead atoms. The third-order valence-electron chi connectivity index (χ3n) is 4.52. The van der Waals surface area contributed by atoms with Crippen molar-refractivity contribution in [3.8, 4) is 11.5 Å². The molecule has 0 aliphatic heterocycles. The van der Waals surface area contributed by atoms with Crippen LogP contribution in [-0.4, -0.2) is 16.4 Å². The molecular weight excluding hydrogens is 360 g/mol. The molecule has 1 aliphatic rings. The van der Waals surface area contributed by atoms with Gasteiger partial charge in [-0.25, -0.2) is 0 Å². The van der Waals surface area contributed by atoms with Gasteiger partial charge in [0, 0.05) is 6.42 Å². The zero-order valence-electron chi connectivity index (χ0n) is 17.4. The van der Waals surface area contributed by atoms with E-state index >= 15 is 0 Å². The van der Waals surface area contributed by atoms with Gasteiger partial charge in [-0.1, -0.05) is 80.3 Å². The minimum absolute atomic E-state index is 0.520. The van der Waals surface area contributed by atoms with Crippen LogP contribution in [0.15, 0.2) is 48.5 Å². The Balaban J connectivity index is 2.29. The highest BCUT2D eigenvalue weighted by atomic mass is 28.4. The van der Waals surface area contributed by atoms with Gasteiger partial charge in [-0.3, -0.25) is 0 Å². The average Bonchev–Trinajstić information content (AvgIpc) is 2.69. The Morgan fingerprint density at radius 1 is 0.778 bits per heavy atom. The number of hydrogen-bond acceptors (Lipinski definition) is 1. The molecule has 0 amide bonds. The number of hydrogen-bond donors (Lipinski definition) is 0. The normalized spacial score (nSPS) is 15.2. The molecule has 0 radical (unpaired) electrons. The van der Waals surface area contributed by atoms with E-state index in [0.717, 1.165) is 0 Å². The molecule has 140 valence electrons. The molecule has 1 nitrogen and oxygen atoms in total. The van der Waals surface area contributed by atoms with Crippen molar-refractivity contribution < 1.29 is 4.43 Å². The summed E-state index contributed by atoms with van der Waals surface area (Å²) in [6.07, 6.45) is 5.13. The summed E-state index contributed by atoms with van der Waals surface area (Å²) in [7, 11) is -3.31. The van der Waals surface area contributed by atoms with Gasteiger partial charge in [0.2, 0.25) is 0 Å². The lowest BCUT2D eigenvalue weighted by molar-refractivity contribution is 0.107. The van der Waals surface area contributed by atoms with Crippen molar-refractivity contribution in [2.24, 2.45) is 0 Å². The topological polar surface area (TPSA) is 9.23 Å². The summed E-state index contributed by atoms with van der Waals surface area (Å²) >= 11 is 0. The first-order chi connectivity index (χ1) is 12.6. The van der Waals surface area contributed by atoms with Crippen molar-refractivity contribution in [2.45, 2.75) is 51.3 Å². The van der Waals surface area contributed by atoms with Crippen LogP contribution in [0.25, 0.3) is 12.2 Å². The van der Waals surface area contributed by atoms with E-state index in [1.165, 1.54) is 22.3 Å². The molecule has 0 fully saturated rings. The van der Waals surface area contributed by atoms with Crippen molar-refractivity contribution in [1.29, 1.82) is 0 Å². The van der Waals surface area contributed by atoms with E-state index < -0.39 is 22.0 Å². The van der Waals surface area contributed by atoms with Crippen LogP contribution in [-0.2, 0) is 10.0 Å². The molecule has 0 saturated heterocycles. The Bertz CT molecular complexity index is 868. The first kappa shape index (κ1) is 19.9. The maximum Gasteiger partial charge on any atom is 0.185 e.